The van der Waals surface area contributed by atoms with Crippen LogP contribution < -0.4 is 0 Å². The van der Waals surface area contributed by atoms with Crippen LogP contribution in [-0.2, 0) is 29.0 Å². The topological polar surface area (TPSA) is 70.5 Å². The summed E-state index contributed by atoms with van der Waals surface area (Å²) in [6.45, 7) is 1.94. The first-order valence-electron chi connectivity index (χ1n) is 7.15. The van der Waals surface area contributed by atoms with E-state index in [1.54, 1.807) is 0 Å². The summed E-state index contributed by atoms with van der Waals surface area (Å²) in [6.07, 6.45) is 0.952. The van der Waals surface area contributed by atoms with E-state index in [1.165, 1.54) is 16.2 Å². The molecule has 7 heteroatoms. The van der Waals surface area contributed by atoms with Gasteiger partial charge in [0, 0.05) is 16.4 Å². The summed E-state index contributed by atoms with van der Waals surface area (Å²) in [5.74, 6) is -1.26. The van der Waals surface area contributed by atoms with E-state index in [-0.39, 0.29) is 25.4 Å². The molecule has 0 radical (unpaired) electrons. The Bertz CT molecular complexity index is 702. The fourth-order valence-electron chi connectivity index (χ4n) is 2.11. The zero-order valence-corrected chi connectivity index (χ0v) is 15.1. The van der Waals surface area contributed by atoms with Crippen molar-refractivity contribution in [2.24, 2.45) is 0 Å². The summed E-state index contributed by atoms with van der Waals surface area (Å²) < 4.78 is 0.893. The van der Waals surface area contributed by atoms with Crippen molar-refractivity contribution < 1.29 is 14.7 Å². The van der Waals surface area contributed by atoms with Crippen molar-refractivity contribution in [1.29, 1.82) is 0 Å². The lowest BCUT2D eigenvalue weighted by Gasteiger charge is -2.20. The van der Waals surface area contributed by atoms with Crippen LogP contribution in [0, 0.1) is 0 Å². The zero-order chi connectivity index (χ0) is 16.8. The van der Waals surface area contributed by atoms with Gasteiger partial charge in [-0.25, -0.2) is 4.98 Å². The van der Waals surface area contributed by atoms with Crippen molar-refractivity contribution in [3.8, 4) is 0 Å². The summed E-state index contributed by atoms with van der Waals surface area (Å²) in [4.78, 5) is 29.2. The van der Waals surface area contributed by atoms with Crippen molar-refractivity contribution in [3.05, 3.63) is 50.4 Å². The Kier molecular flexibility index (Phi) is 6.29. The number of carboxylic acid groups (broad SMARTS) is 1. The lowest BCUT2D eigenvalue weighted by Crippen LogP contribution is -2.36. The third-order valence-electron chi connectivity index (χ3n) is 3.18. The summed E-state index contributed by atoms with van der Waals surface area (Å²) in [7, 11) is 0. The Hall–Kier alpha value is -1.73. The molecule has 0 fully saturated rings. The molecule has 122 valence electrons. The number of nitrogens with zero attached hydrogens (tertiary/aromatic N) is 2. The molecule has 1 aromatic heterocycles. The Balaban J connectivity index is 2.10. The number of carbonyl (C=O) groups excluding carboxylic acids is 1. The van der Waals surface area contributed by atoms with Crippen LogP contribution in [0.4, 0.5) is 0 Å². The number of hydrogen-bond acceptors (Lipinski definition) is 4. The van der Waals surface area contributed by atoms with Gasteiger partial charge in [0.1, 0.15) is 6.54 Å². The van der Waals surface area contributed by atoms with Gasteiger partial charge in [0.05, 0.1) is 17.1 Å². The number of benzene rings is 1. The van der Waals surface area contributed by atoms with Crippen molar-refractivity contribution in [1.82, 2.24) is 9.88 Å². The van der Waals surface area contributed by atoms with Gasteiger partial charge in [-0.2, -0.15) is 0 Å². The minimum Gasteiger partial charge on any atom is -0.480 e. The molecular weight excluding hydrogens is 380 g/mol. The van der Waals surface area contributed by atoms with E-state index in [0.29, 0.717) is 5.69 Å². The monoisotopic (exact) mass is 396 g/mol. The minimum atomic E-state index is -1.03. The molecule has 2 rings (SSSR count). The van der Waals surface area contributed by atoms with Crippen LogP contribution in [0.25, 0.3) is 0 Å². The molecule has 1 amide bonds. The van der Waals surface area contributed by atoms with Gasteiger partial charge in [-0.3, -0.25) is 9.59 Å². The largest absolute Gasteiger partial charge is 0.480 e. The van der Waals surface area contributed by atoms with Crippen LogP contribution in [0.2, 0.25) is 0 Å². The van der Waals surface area contributed by atoms with Gasteiger partial charge >= 0.3 is 5.97 Å². The Morgan fingerprint density at radius 1 is 1.39 bits per heavy atom. The van der Waals surface area contributed by atoms with E-state index in [4.69, 9.17) is 5.11 Å². The van der Waals surface area contributed by atoms with Crippen molar-refractivity contribution in [3.63, 3.8) is 0 Å². The van der Waals surface area contributed by atoms with E-state index in [0.717, 1.165) is 21.5 Å². The predicted molar refractivity (Wildman–Crippen MR) is 92.4 cm³/mol. The molecule has 0 saturated carbocycles. The van der Waals surface area contributed by atoms with Crippen LogP contribution in [0.3, 0.4) is 0 Å². The van der Waals surface area contributed by atoms with Crippen LogP contribution in [0.15, 0.2) is 34.1 Å². The molecular formula is C16H17BrN2O3S. The molecule has 2 aromatic rings. The van der Waals surface area contributed by atoms with E-state index >= 15 is 0 Å². The van der Waals surface area contributed by atoms with Gasteiger partial charge in [-0.15, -0.1) is 11.3 Å². The summed E-state index contributed by atoms with van der Waals surface area (Å²) >= 11 is 4.89. The first-order chi connectivity index (χ1) is 11.0. The maximum atomic E-state index is 12.5. The second-order valence-corrected chi connectivity index (χ2v) is 6.89. The number of aryl methyl sites for hydroxylation is 1. The highest BCUT2D eigenvalue weighted by molar-refractivity contribution is 9.10. The highest BCUT2D eigenvalue weighted by Crippen LogP contribution is 2.15. The van der Waals surface area contributed by atoms with Gasteiger partial charge in [0.15, 0.2) is 0 Å². The standard InChI is InChI=1S/C16H17BrN2O3S/c1-2-14-18-13(10-23-14)7-15(20)19(9-16(21)22)8-11-4-3-5-12(17)6-11/h3-6,10H,2,7-9H2,1H3,(H,21,22). The maximum Gasteiger partial charge on any atom is 0.323 e. The molecule has 0 bridgehead atoms. The van der Waals surface area contributed by atoms with Crippen LogP contribution >= 0.6 is 27.3 Å². The average molecular weight is 397 g/mol. The fraction of sp³-hybridized carbons (Fsp3) is 0.312. The van der Waals surface area contributed by atoms with Gasteiger partial charge in [0.2, 0.25) is 5.91 Å². The number of thiazole rings is 1. The highest BCUT2D eigenvalue weighted by atomic mass is 79.9. The van der Waals surface area contributed by atoms with E-state index in [9.17, 15) is 9.59 Å². The smallest absolute Gasteiger partial charge is 0.323 e. The van der Waals surface area contributed by atoms with Crippen molar-refractivity contribution in [2.75, 3.05) is 6.54 Å². The SMILES string of the molecule is CCc1nc(CC(=O)N(CC(=O)O)Cc2cccc(Br)c2)cs1. The number of hydrogen-bond donors (Lipinski definition) is 1. The van der Waals surface area contributed by atoms with E-state index < -0.39 is 5.97 Å². The molecule has 1 heterocycles. The zero-order valence-electron chi connectivity index (χ0n) is 12.7. The fourth-order valence-corrected chi connectivity index (χ4v) is 3.30. The van der Waals surface area contributed by atoms with Gasteiger partial charge in [0.25, 0.3) is 0 Å². The molecule has 0 aliphatic carbocycles. The number of halogens is 1. The number of carboxylic acids is 1. The highest BCUT2D eigenvalue weighted by Gasteiger charge is 2.19. The third-order valence-corrected chi connectivity index (χ3v) is 4.71. The van der Waals surface area contributed by atoms with Crippen LogP contribution in [0.5, 0.6) is 0 Å². The number of rotatable bonds is 7. The van der Waals surface area contributed by atoms with Crippen molar-refractivity contribution in [2.45, 2.75) is 26.3 Å². The van der Waals surface area contributed by atoms with Crippen LogP contribution in [-0.4, -0.2) is 33.4 Å². The Labute approximate surface area is 147 Å². The average Bonchev–Trinajstić information content (AvgIpc) is 2.94. The first-order valence-corrected chi connectivity index (χ1v) is 8.82. The summed E-state index contributed by atoms with van der Waals surface area (Å²) in [5.41, 5.74) is 1.57. The Morgan fingerprint density at radius 3 is 2.78 bits per heavy atom. The molecule has 1 N–H and O–H groups in total. The molecule has 5 nitrogen and oxygen atoms in total. The number of aliphatic carboxylic acids is 1. The van der Waals surface area contributed by atoms with Gasteiger partial charge < -0.3 is 10.0 Å². The number of amides is 1. The van der Waals surface area contributed by atoms with Crippen LogP contribution in [0.1, 0.15) is 23.2 Å². The number of carbonyl (C=O) groups is 2. The molecule has 23 heavy (non-hydrogen) atoms. The van der Waals surface area contributed by atoms with Gasteiger partial charge in [-0.05, 0) is 24.1 Å². The second-order valence-electron chi connectivity index (χ2n) is 5.04. The number of aromatic nitrogens is 1. The van der Waals surface area contributed by atoms with Crippen molar-refractivity contribution >= 4 is 39.1 Å². The maximum absolute atomic E-state index is 12.5. The molecule has 0 aliphatic heterocycles. The molecule has 0 unspecified atom stereocenters. The quantitative estimate of drug-likeness (QED) is 0.780. The van der Waals surface area contributed by atoms with E-state index in [1.807, 2.05) is 36.6 Å². The first kappa shape index (κ1) is 17.6. The predicted octanol–water partition coefficient (Wildman–Crippen LogP) is 3.12. The second kappa shape index (κ2) is 8.21. The molecule has 0 saturated heterocycles. The summed E-state index contributed by atoms with van der Waals surface area (Å²) in [5, 5.41) is 11.9. The molecule has 1 aromatic carbocycles. The minimum absolute atomic E-state index is 0.123. The molecule has 0 aliphatic rings. The van der Waals surface area contributed by atoms with Gasteiger partial charge in [-0.1, -0.05) is 35.0 Å². The molecule has 0 spiro atoms. The summed E-state index contributed by atoms with van der Waals surface area (Å²) in [6, 6.07) is 7.48. The van der Waals surface area contributed by atoms with E-state index in [2.05, 4.69) is 20.9 Å². The normalized spacial score (nSPS) is 10.5. The third kappa shape index (κ3) is 5.44. The lowest BCUT2D eigenvalue weighted by atomic mass is 10.2. The lowest BCUT2D eigenvalue weighted by molar-refractivity contribution is -0.144. The molecule has 0 atom stereocenters. The Morgan fingerprint density at radius 2 is 2.17 bits per heavy atom.